The van der Waals surface area contributed by atoms with E-state index in [1.54, 1.807) is 19.2 Å². The molecule has 2 N–H and O–H groups in total. The van der Waals surface area contributed by atoms with Crippen LogP contribution in [0.5, 0.6) is 5.75 Å². The zero-order valence-electron chi connectivity index (χ0n) is 19.0. The highest BCUT2D eigenvalue weighted by molar-refractivity contribution is 5.73. The normalized spacial score (nSPS) is 12.9. The highest BCUT2D eigenvalue weighted by Crippen LogP contribution is 2.38. The van der Waals surface area contributed by atoms with Crippen LogP contribution in [-0.2, 0) is 24.2 Å². The quantitative estimate of drug-likeness (QED) is 0.452. The third-order valence-electron chi connectivity index (χ3n) is 6.23. The summed E-state index contributed by atoms with van der Waals surface area (Å²) >= 11 is 0. The van der Waals surface area contributed by atoms with Crippen molar-refractivity contribution in [1.82, 2.24) is 0 Å². The molecule has 0 spiro atoms. The largest absolute Gasteiger partial charge is 0.497 e. The number of carboxylic acids is 1. The van der Waals surface area contributed by atoms with E-state index in [9.17, 15) is 9.18 Å². The van der Waals surface area contributed by atoms with Crippen molar-refractivity contribution in [2.75, 3.05) is 23.9 Å². The standard InChI is InChI=1S/C27H29FN2O3/c1-18-21(17-29-22-12-10-19(25(28)15-22)11-13-26(31)32)9-8-20-5-4-14-30(27(18)20)23-6-3-7-24(16-23)33-2/h3,6-10,12,15-16,29H,4-5,11,13-14,17H2,1-2H3,(H,31,32). The molecular formula is C27H29FN2O3. The zero-order chi connectivity index (χ0) is 23.4. The van der Waals surface area contributed by atoms with Crippen molar-refractivity contribution < 1.29 is 19.0 Å². The second-order valence-electron chi connectivity index (χ2n) is 8.37. The first-order valence-corrected chi connectivity index (χ1v) is 11.2. The molecule has 6 heteroatoms. The summed E-state index contributed by atoms with van der Waals surface area (Å²) in [6.07, 6.45) is 2.25. The number of methoxy groups -OCH3 is 1. The second-order valence-corrected chi connectivity index (χ2v) is 8.37. The summed E-state index contributed by atoms with van der Waals surface area (Å²) in [6, 6.07) is 17.4. The van der Waals surface area contributed by atoms with E-state index < -0.39 is 5.97 Å². The number of carbonyl (C=O) groups is 1. The number of ether oxygens (including phenoxy) is 1. The summed E-state index contributed by atoms with van der Waals surface area (Å²) < 4.78 is 19.8. The highest BCUT2D eigenvalue weighted by Gasteiger charge is 2.22. The molecule has 1 aliphatic heterocycles. The van der Waals surface area contributed by atoms with E-state index in [1.165, 1.54) is 22.9 Å². The van der Waals surface area contributed by atoms with Crippen LogP contribution in [0, 0.1) is 12.7 Å². The summed E-state index contributed by atoms with van der Waals surface area (Å²) in [7, 11) is 1.68. The number of anilines is 3. The van der Waals surface area contributed by atoms with Gasteiger partial charge in [-0.3, -0.25) is 4.79 Å². The van der Waals surface area contributed by atoms with Gasteiger partial charge in [-0.25, -0.2) is 4.39 Å². The Labute approximate surface area is 193 Å². The lowest BCUT2D eigenvalue weighted by atomic mass is 9.94. The van der Waals surface area contributed by atoms with Gasteiger partial charge in [-0.2, -0.15) is 0 Å². The van der Waals surface area contributed by atoms with Crippen molar-refractivity contribution >= 4 is 23.0 Å². The van der Waals surface area contributed by atoms with E-state index in [0.29, 0.717) is 17.8 Å². The topological polar surface area (TPSA) is 61.8 Å². The van der Waals surface area contributed by atoms with E-state index in [2.05, 4.69) is 41.4 Å². The molecule has 0 saturated carbocycles. The van der Waals surface area contributed by atoms with E-state index >= 15 is 0 Å². The van der Waals surface area contributed by atoms with Gasteiger partial charge in [-0.05, 0) is 72.7 Å². The fraction of sp³-hybridized carbons (Fsp3) is 0.296. The molecule has 172 valence electrons. The van der Waals surface area contributed by atoms with Crippen LogP contribution < -0.4 is 15.0 Å². The molecular weight excluding hydrogens is 419 g/mol. The molecule has 0 saturated heterocycles. The van der Waals surface area contributed by atoms with Gasteiger partial charge in [0, 0.05) is 42.6 Å². The Bertz CT molecular complexity index is 1160. The highest BCUT2D eigenvalue weighted by atomic mass is 19.1. The van der Waals surface area contributed by atoms with Crippen LogP contribution >= 0.6 is 0 Å². The first-order chi connectivity index (χ1) is 16.0. The molecule has 0 bridgehead atoms. The number of carboxylic acid groups (broad SMARTS) is 1. The molecule has 0 unspecified atom stereocenters. The van der Waals surface area contributed by atoms with Crippen LogP contribution in [0.2, 0.25) is 0 Å². The summed E-state index contributed by atoms with van der Waals surface area (Å²) in [5.41, 5.74) is 7.14. The van der Waals surface area contributed by atoms with Crippen LogP contribution in [-0.4, -0.2) is 24.7 Å². The Kier molecular flexibility index (Phi) is 6.82. The molecule has 5 nitrogen and oxygen atoms in total. The molecule has 0 fully saturated rings. The van der Waals surface area contributed by atoms with Crippen molar-refractivity contribution in [3.63, 3.8) is 0 Å². The Hall–Kier alpha value is -3.54. The first kappa shape index (κ1) is 22.6. The van der Waals surface area contributed by atoms with Crippen LogP contribution in [0.15, 0.2) is 54.6 Å². The van der Waals surface area contributed by atoms with Crippen molar-refractivity contribution in [1.29, 1.82) is 0 Å². The number of aryl methyl sites for hydroxylation is 2. The van der Waals surface area contributed by atoms with Gasteiger partial charge in [0.25, 0.3) is 0 Å². The molecule has 3 aromatic rings. The molecule has 4 rings (SSSR count). The molecule has 0 amide bonds. The van der Waals surface area contributed by atoms with Gasteiger partial charge in [-0.1, -0.05) is 24.3 Å². The van der Waals surface area contributed by atoms with E-state index in [-0.39, 0.29) is 18.7 Å². The van der Waals surface area contributed by atoms with Gasteiger partial charge in [0.15, 0.2) is 0 Å². The molecule has 0 atom stereocenters. The maximum Gasteiger partial charge on any atom is 0.303 e. The third-order valence-corrected chi connectivity index (χ3v) is 6.23. The Morgan fingerprint density at radius 1 is 1.15 bits per heavy atom. The maximum atomic E-state index is 14.4. The van der Waals surface area contributed by atoms with Crippen molar-refractivity contribution in [2.24, 2.45) is 0 Å². The molecule has 0 aliphatic carbocycles. The van der Waals surface area contributed by atoms with Gasteiger partial charge in [0.1, 0.15) is 11.6 Å². The van der Waals surface area contributed by atoms with E-state index in [1.807, 2.05) is 12.1 Å². The Morgan fingerprint density at radius 3 is 2.73 bits per heavy atom. The molecule has 0 radical (unpaired) electrons. The predicted octanol–water partition coefficient (Wildman–Crippen LogP) is 5.86. The minimum absolute atomic E-state index is 0.0815. The van der Waals surface area contributed by atoms with Gasteiger partial charge >= 0.3 is 5.97 Å². The average Bonchev–Trinajstić information content (AvgIpc) is 2.82. The minimum atomic E-state index is -0.928. The van der Waals surface area contributed by atoms with Crippen molar-refractivity contribution in [3.05, 3.63) is 82.7 Å². The maximum absolute atomic E-state index is 14.4. The molecule has 3 aromatic carbocycles. The number of halogens is 1. The fourth-order valence-electron chi connectivity index (χ4n) is 4.44. The van der Waals surface area contributed by atoms with E-state index in [0.717, 1.165) is 36.4 Å². The van der Waals surface area contributed by atoms with Crippen LogP contribution in [0.4, 0.5) is 21.5 Å². The smallest absolute Gasteiger partial charge is 0.303 e. The number of nitrogens with one attached hydrogen (secondary N) is 1. The van der Waals surface area contributed by atoms with Crippen LogP contribution in [0.25, 0.3) is 0 Å². The second kappa shape index (κ2) is 9.94. The molecule has 1 heterocycles. The predicted molar refractivity (Wildman–Crippen MR) is 129 cm³/mol. The minimum Gasteiger partial charge on any atom is -0.497 e. The summed E-state index contributed by atoms with van der Waals surface area (Å²) in [5.74, 6) is -0.473. The number of benzene rings is 3. The fourth-order valence-corrected chi connectivity index (χ4v) is 4.44. The summed E-state index contributed by atoms with van der Waals surface area (Å²) in [5, 5.41) is 12.1. The summed E-state index contributed by atoms with van der Waals surface area (Å²) in [6.45, 7) is 3.66. The number of aliphatic carboxylic acids is 1. The molecule has 0 aromatic heterocycles. The monoisotopic (exact) mass is 448 g/mol. The number of hydrogen-bond acceptors (Lipinski definition) is 4. The number of rotatable bonds is 8. The lowest BCUT2D eigenvalue weighted by Gasteiger charge is -2.34. The van der Waals surface area contributed by atoms with Crippen LogP contribution in [0.1, 0.15) is 35.1 Å². The van der Waals surface area contributed by atoms with E-state index in [4.69, 9.17) is 9.84 Å². The summed E-state index contributed by atoms with van der Waals surface area (Å²) in [4.78, 5) is 13.1. The Morgan fingerprint density at radius 2 is 1.97 bits per heavy atom. The number of hydrogen-bond donors (Lipinski definition) is 2. The lowest BCUT2D eigenvalue weighted by molar-refractivity contribution is -0.136. The SMILES string of the molecule is COc1cccc(N2CCCc3ccc(CNc4ccc(CCC(=O)O)c(F)c4)c(C)c32)c1. The zero-order valence-corrected chi connectivity index (χ0v) is 19.0. The van der Waals surface area contributed by atoms with Crippen LogP contribution in [0.3, 0.4) is 0 Å². The van der Waals surface area contributed by atoms with Gasteiger partial charge in [0.2, 0.25) is 0 Å². The average molecular weight is 449 g/mol. The Balaban J connectivity index is 1.54. The lowest BCUT2D eigenvalue weighted by Crippen LogP contribution is -2.26. The van der Waals surface area contributed by atoms with Gasteiger partial charge in [0.05, 0.1) is 7.11 Å². The molecule has 33 heavy (non-hydrogen) atoms. The van der Waals surface area contributed by atoms with Gasteiger partial charge < -0.3 is 20.1 Å². The first-order valence-electron chi connectivity index (χ1n) is 11.2. The number of fused-ring (bicyclic) bond motifs is 1. The third kappa shape index (κ3) is 5.11. The van der Waals surface area contributed by atoms with Crippen molar-refractivity contribution in [2.45, 2.75) is 39.2 Å². The number of nitrogens with zero attached hydrogens (tertiary/aromatic N) is 1. The molecule has 1 aliphatic rings. The van der Waals surface area contributed by atoms with Gasteiger partial charge in [-0.15, -0.1) is 0 Å². The van der Waals surface area contributed by atoms with Crippen molar-refractivity contribution in [3.8, 4) is 5.75 Å².